The van der Waals surface area contributed by atoms with Gasteiger partial charge in [0.25, 0.3) is 0 Å². The first-order valence-electron chi connectivity index (χ1n) is 7.10. The van der Waals surface area contributed by atoms with Gasteiger partial charge in [0, 0.05) is 13.1 Å². The van der Waals surface area contributed by atoms with Gasteiger partial charge in [-0.1, -0.05) is 6.07 Å². The van der Waals surface area contributed by atoms with Crippen molar-refractivity contribution < 1.29 is 14.3 Å². The SMILES string of the molecule is CCN(CC)c1ccc(/C=N\NC(=O)c2ccco2)cc1O. The Bertz CT molecular complexity index is 647. The van der Waals surface area contributed by atoms with Gasteiger partial charge in [0.2, 0.25) is 0 Å². The molecule has 0 saturated carbocycles. The number of nitrogens with one attached hydrogen (secondary N) is 1. The second-order valence-corrected chi connectivity index (χ2v) is 4.60. The molecule has 1 amide bonds. The lowest BCUT2D eigenvalue weighted by Gasteiger charge is -2.22. The Morgan fingerprint density at radius 3 is 2.73 bits per heavy atom. The maximum absolute atomic E-state index is 11.6. The first-order valence-corrected chi connectivity index (χ1v) is 7.10. The number of aromatic hydroxyl groups is 1. The van der Waals surface area contributed by atoms with Gasteiger partial charge in [-0.25, -0.2) is 5.43 Å². The lowest BCUT2D eigenvalue weighted by molar-refractivity contribution is 0.0927. The van der Waals surface area contributed by atoms with Crippen LogP contribution in [0, 0.1) is 0 Å². The molecule has 0 atom stereocenters. The van der Waals surface area contributed by atoms with Crippen molar-refractivity contribution in [2.24, 2.45) is 5.10 Å². The number of phenols is 1. The zero-order valence-electron chi connectivity index (χ0n) is 12.6. The van der Waals surface area contributed by atoms with E-state index in [0.29, 0.717) is 5.56 Å². The number of hydrogen-bond donors (Lipinski definition) is 2. The predicted molar refractivity (Wildman–Crippen MR) is 85.4 cm³/mol. The summed E-state index contributed by atoms with van der Waals surface area (Å²) < 4.78 is 4.95. The van der Waals surface area contributed by atoms with Crippen LogP contribution in [0.4, 0.5) is 5.69 Å². The summed E-state index contributed by atoms with van der Waals surface area (Å²) in [7, 11) is 0. The van der Waals surface area contributed by atoms with Crippen molar-refractivity contribution in [1.29, 1.82) is 0 Å². The highest BCUT2D eigenvalue weighted by atomic mass is 16.3. The standard InChI is InChI=1S/C16H19N3O3/c1-3-19(4-2)13-8-7-12(10-14(13)20)11-17-18-16(21)15-6-5-9-22-15/h5-11,20H,3-4H2,1-2H3,(H,18,21)/b17-11-. The highest BCUT2D eigenvalue weighted by Crippen LogP contribution is 2.27. The largest absolute Gasteiger partial charge is 0.506 e. The van der Waals surface area contributed by atoms with Gasteiger partial charge in [-0.2, -0.15) is 5.10 Å². The summed E-state index contributed by atoms with van der Waals surface area (Å²) in [5, 5.41) is 13.9. The number of furan rings is 1. The molecule has 2 rings (SSSR count). The van der Waals surface area contributed by atoms with Crippen LogP contribution in [0.3, 0.4) is 0 Å². The quantitative estimate of drug-likeness (QED) is 0.635. The molecule has 0 saturated heterocycles. The maximum atomic E-state index is 11.6. The third-order valence-corrected chi connectivity index (χ3v) is 3.23. The molecule has 116 valence electrons. The van der Waals surface area contributed by atoms with E-state index in [1.165, 1.54) is 12.5 Å². The molecular formula is C16H19N3O3. The van der Waals surface area contributed by atoms with E-state index in [9.17, 15) is 9.90 Å². The van der Waals surface area contributed by atoms with Crippen LogP contribution in [0.5, 0.6) is 5.75 Å². The van der Waals surface area contributed by atoms with E-state index in [1.54, 1.807) is 18.2 Å². The average Bonchev–Trinajstić information content (AvgIpc) is 3.04. The Labute approximate surface area is 129 Å². The summed E-state index contributed by atoms with van der Waals surface area (Å²) in [5.74, 6) is -0.0490. The van der Waals surface area contributed by atoms with Gasteiger partial charge in [-0.15, -0.1) is 0 Å². The number of carbonyl (C=O) groups excluding carboxylic acids is 1. The smallest absolute Gasteiger partial charge is 0.307 e. The maximum Gasteiger partial charge on any atom is 0.307 e. The number of hydrazone groups is 1. The molecule has 0 radical (unpaired) electrons. The fourth-order valence-electron chi connectivity index (χ4n) is 2.08. The molecule has 0 bridgehead atoms. The Hall–Kier alpha value is -2.76. The van der Waals surface area contributed by atoms with Gasteiger partial charge >= 0.3 is 5.91 Å². The summed E-state index contributed by atoms with van der Waals surface area (Å²) in [4.78, 5) is 13.7. The molecule has 0 aliphatic carbocycles. The van der Waals surface area contributed by atoms with Crippen molar-refractivity contribution in [3.63, 3.8) is 0 Å². The summed E-state index contributed by atoms with van der Waals surface area (Å²) in [6, 6.07) is 8.45. The second kappa shape index (κ2) is 7.31. The van der Waals surface area contributed by atoms with E-state index in [0.717, 1.165) is 18.8 Å². The van der Waals surface area contributed by atoms with Crippen LogP contribution < -0.4 is 10.3 Å². The number of phenolic OH excluding ortho intramolecular Hbond substituents is 1. The number of benzene rings is 1. The molecule has 1 aromatic heterocycles. The number of rotatable bonds is 6. The van der Waals surface area contributed by atoms with Crippen molar-refractivity contribution in [3.05, 3.63) is 47.9 Å². The van der Waals surface area contributed by atoms with Crippen molar-refractivity contribution >= 4 is 17.8 Å². The molecule has 2 N–H and O–H groups in total. The highest BCUT2D eigenvalue weighted by Gasteiger charge is 2.08. The summed E-state index contributed by atoms with van der Waals surface area (Å²) >= 11 is 0. The zero-order valence-corrected chi connectivity index (χ0v) is 12.6. The van der Waals surface area contributed by atoms with Gasteiger partial charge in [-0.05, 0) is 43.7 Å². The molecule has 0 unspecified atom stereocenters. The number of anilines is 1. The molecule has 0 spiro atoms. The first-order chi connectivity index (χ1) is 10.7. The summed E-state index contributed by atoms with van der Waals surface area (Å²) in [6.07, 6.45) is 2.88. The topological polar surface area (TPSA) is 78.1 Å². The van der Waals surface area contributed by atoms with Gasteiger partial charge < -0.3 is 14.4 Å². The van der Waals surface area contributed by atoms with Crippen molar-refractivity contribution in [3.8, 4) is 5.75 Å². The summed E-state index contributed by atoms with van der Waals surface area (Å²) in [6.45, 7) is 5.69. The van der Waals surface area contributed by atoms with Crippen LogP contribution in [-0.4, -0.2) is 30.3 Å². The molecule has 22 heavy (non-hydrogen) atoms. The van der Waals surface area contributed by atoms with Crippen LogP contribution in [-0.2, 0) is 0 Å². The zero-order chi connectivity index (χ0) is 15.9. The highest BCUT2D eigenvalue weighted by molar-refractivity contribution is 5.92. The number of nitrogens with zero attached hydrogens (tertiary/aromatic N) is 2. The lowest BCUT2D eigenvalue weighted by atomic mass is 10.2. The van der Waals surface area contributed by atoms with E-state index >= 15 is 0 Å². The molecule has 0 aliphatic heterocycles. The van der Waals surface area contributed by atoms with Crippen LogP contribution in [0.15, 0.2) is 46.1 Å². The van der Waals surface area contributed by atoms with E-state index < -0.39 is 5.91 Å². The van der Waals surface area contributed by atoms with Crippen LogP contribution in [0.25, 0.3) is 0 Å². The number of amides is 1. The number of carbonyl (C=O) groups is 1. The molecule has 6 heteroatoms. The third-order valence-electron chi connectivity index (χ3n) is 3.23. The fraction of sp³-hybridized carbons (Fsp3) is 0.250. The Morgan fingerprint density at radius 1 is 1.36 bits per heavy atom. The van der Waals surface area contributed by atoms with E-state index in [4.69, 9.17) is 4.42 Å². The van der Waals surface area contributed by atoms with Crippen LogP contribution >= 0.6 is 0 Å². The average molecular weight is 301 g/mol. The molecule has 6 nitrogen and oxygen atoms in total. The molecule has 1 heterocycles. The molecular weight excluding hydrogens is 282 g/mol. The minimum absolute atomic E-state index is 0.185. The van der Waals surface area contributed by atoms with Gasteiger partial charge in [0.15, 0.2) is 5.76 Å². The van der Waals surface area contributed by atoms with Crippen molar-refractivity contribution in [2.45, 2.75) is 13.8 Å². The first kappa shape index (κ1) is 15.6. The monoisotopic (exact) mass is 301 g/mol. The van der Waals surface area contributed by atoms with Gasteiger partial charge in [-0.3, -0.25) is 4.79 Å². The van der Waals surface area contributed by atoms with Gasteiger partial charge in [0.05, 0.1) is 18.2 Å². The lowest BCUT2D eigenvalue weighted by Crippen LogP contribution is -2.21. The van der Waals surface area contributed by atoms with Gasteiger partial charge in [0.1, 0.15) is 5.75 Å². The van der Waals surface area contributed by atoms with E-state index in [2.05, 4.69) is 15.4 Å². The molecule has 2 aromatic rings. The Kier molecular flexibility index (Phi) is 5.19. The molecule has 1 aromatic carbocycles. The molecule has 0 aliphatic rings. The fourth-order valence-corrected chi connectivity index (χ4v) is 2.08. The third kappa shape index (κ3) is 3.66. The normalized spacial score (nSPS) is 10.8. The number of hydrogen-bond acceptors (Lipinski definition) is 5. The van der Waals surface area contributed by atoms with Crippen LogP contribution in [0.1, 0.15) is 30.0 Å². The van der Waals surface area contributed by atoms with Crippen molar-refractivity contribution in [2.75, 3.05) is 18.0 Å². The molecule has 0 fully saturated rings. The summed E-state index contributed by atoms with van der Waals surface area (Å²) in [5.41, 5.74) is 3.82. The second-order valence-electron chi connectivity index (χ2n) is 4.60. The van der Waals surface area contributed by atoms with E-state index in [1.807, 2.05) is 26.0 Å². The van der Waals surface area contributed by atoms with Crippen LogP contribution in [0.2, 0.25) is 0 Å². The minimum Gasteiger partial charge on any atom is -0.506 e. The predicted octanol–water partition coefficient (Wildman–Crippen LogP) is 2.60. The minimum atomic E-state index is -0.426. The van der Waals surface area contributed by atoms with Crippen molar-refractivity contribution in [1.82, 2.24) is 5.43 Å². The van der Waals surface area contributed by atoms with E-state index in [-0.39, 0.29) is 11.5 Å². The Morgan fingerprint density at radius 2 is 2.14 bits per heavy atom. The Balaban J connectivity index is 2.03.